The Morgan fingerprint density at radius 2 is 1.70 bits per heavy atom. The zero-order chi connectivity index (χ0) is 16.9. The molecule has 4 heteroatoms. The molecule has 1 N–H and O–H groups in total. The summed E-state index contributed by atoms with van der Waals surface area (Å²) in [7, 11) is 0. The van der Waals surface area contributed by atoms with E-state index < -0.39 is 0 Å². The van der Waals surface area contributed by atoms with Gasteiger partial charge in [-0.2, -0.15) is 0 Å². The Morgan fingerprint density at radius 3 is 2.39 bits per heavy atom. The zero-order valence-electron chi connectivity index (χ0n) is 14.1. The third-order valence-electron chi connectivity index (χ3n) is 3.51. The second-order valence-corrected chi connectivity index (χ2v) is 6.51. The van der Waals surface area contributed by atoms with E-state index in [4.69, 9.17) is 0 Å². The van der Waals surface area contributed by atoms with Crippen molar-refractivity contribution in [2.75, 3.05) is 6.54 Å². The van der Waals surface area contributed by atoms with E-state index in [0.29, 0.717) is 12.1 Å². The number of thioether (sulfide) groups is 1. The number of aryl methyl sites for hydroxylation is 1. The number of unbranched alkanes of at least 4 members (excludes halogenated alkanes) is 5. The minimum absolute atomic E-state index is 0.0509. The standard InChI is InChI=1S/C19H27NO2S/c1-3-4-5-6-7-8-14-20-18(21)13-15-23-19(22)17-11-9-16(2)10-12-17/h9-13,15H,3-8,14H2,1-2H3,(H,20,21). The number of nitrogens with one attached hydrogen (secondary N) is 1. The molecular formula is C19H27NO2S. The fourth-order valence-electron chi connectivity index (χ4n) is 2.09. The Labute approximate surface area is 143 Å². The van der Waals surface area contributed by atoms with Gasteiger partial charge in [0.2, 0.25) is 11.0 Å². The maximum Gasteiger partial charge on any atom is 0.244 e. The van der Waals surface area contributed by atoms with Crippen molar-refractivity contribution in [2.24, 2.45) is 0 Å². The Kier molecular flexibility index (Phi) is 10.1. The van der Waals surface area contributed by atoms with Crippen molar-refractivity contribution in [3.05, 3.63) is 46.9 Å². The van der Waals surface area contributed by atoms with Gasteiger partial charge in [-0.1, -0.05) is 80.6 Å². The summed E-state index contributed by atoms with van der Waals surface area (Å²) in [5.41, 5.74) is 1.77. The molecule has 0 bridgehead atoms. The highest BCUT2D eigenvalue weighted by molar-refractivity contribution is 8.16. The number of hydrogen-bond acceptors (Lipinski definition) is 3. The Morgan fingerprint density at radius 1 is 1.04 bits per heavy atom. The zero-order valence-corrected chi connectivity index (χ0v) is 15.0. The van der Waals surface area contributed by atoms with Crippen molar-refractivity contribution in [3.63, 3.8) is 0 Å². The highest BCUT2D eigenvalue weighted by Gasteiger charge is 2.04. The maximum absolute atomic E-state index is 11.9. The van der Waals surface area contributed by atoms with Gasteiger partial charge < -0.3 is 5.32 Å². The van der Waals surface area contributed by atoms with Gasteiger partial charge in [-0.05, 0) is 18.8 Å². The third-order valence-corrected chi connectivity index (χ3v) is 4.23. The van der Waals surface area contributed by atoms with Gasteiger partial charge in [-0.3, -0.25) is 9.59 Å². The van der Waals surface area contributed by atoms with Crippen molar-refractivity contribution in [3.8, 4) is 0 Å². The van der Waals surface area contributed by atoms with Crippen LogP contribution in [0.3, 0.4) is 0 Å². The molecule has 0 aliphatic rings. The lowest BCUT2D eigenvalue weighted by atomic mass is 10.1. The quantitative estimate of drug-likeness (QED) is 0.491. The van der Waals surface area contributed by atoms with Crippen LogP contribution < -0.4 is 5.32 Å². The first-order valence-electron chi connectivity index (χ1n) is 8.35. The van der Waals surface area contributed by atoms with Crippen LogP contribution >= 0.6 is 11.8 Å². The van der Waals surface area contributed by atoms with Crippen LogP contribution in [0.15, 0.2) is 35.7 Å². The first kappa shape index (κ1) is 19.5. The topological polar surface area (TPSA) is 46.2 Å². The van der Waals surface area contributed by atoms with Crippen LogP contribution in [0.5, 0.6) is 0 Å². The van der Waals surface area contributed by atoms with Crippen molar-refractivity contribution < 1.29 is 9.59 Å². The van der Waals surface area contributed by atoms with Crippen LogP contribution in [0.2, 0.25) is 0 Å². The molecule has 1 rings (SSSR count). The van der Waals surface area contributed by atoms with E-state index in [9.17, 15) is 9.59 Å². The summed E-state index contributed by atoms with van der Waals surface area (Å²) in [5, 5.41) is 4.35. The first-order chi connectivity index (χ1) is 11.1. The number of hydrogen-bond donors (Lipinski definition) is 1. The lowest BCUT2D eigenvalue weighted by Crippen LogP contribution is -2.21. The highest BCUT2D eigenvalue weighted by Crippen LogP contribution is 2.14. The third kappa shape index (κ3) is 9.24. The number of carbonyl (C=O) groups excluding carboxylic acids is 2. The molecule has 23 heavy (non-hydrogen) atoms. The van der Waals surface area contributed by atoms with Crippen molar-refractivity contribution >= 4 is 22.8 Å². The Hall–Kier alpha value is -1.55. The van der Waals surface area contributed by atoms with Crippen LogP contribution in [-0.4, -0.2) is 17.6 Å². The fraction of sp³-hybridized carbons (Fsp3) is 0.474. The molecule has 0 radical (unpaired) electrons. The molecule has 0 heterocycles. The first-order valence-corrected chi connectivity index (χ1v) is 9.23. The van der Waals surface area contributed by atoms with Gasteiger partial charge in [-0.25, -0.2) is 0 Å². The van der Waals surface area contributed by atoms with Crippen LogP contribution in [0.25, 0.3) is 0 Å². The largest absolute Gasteiger partial charge is 0.353 e. The molecule has 0 spiro atoms. The molecule has 0 unspecified atom stereocenters. The smallest absolute Gasteiger partial charge is 0.244 e. The molecule has 1 aromatic carbocycles. The number of rotatable bonds is 10. The fourth-order valence-corrected chi connectivity index (χ4v) is 2.68. The van der Waals surface area contributed by atoms with Gasteiger partial charge in [0.05, 0.1) is 0 Å². The predicted octanol–water partition coefficient (Wildman–Crippen LogP) is 4.86. The maximum atomic E-state index is 11.9. The van der Waals surface area contributed by atoms with E-state index >= 15 is 0 Å². The van der Waals surface area contributed by atoms with E-state index in [1.807, 2.05) is 19.1 Å². The minimum Gasteiger partial charge on any atom is -0.353 e. The summed E-state index contributed by atoms with van der Waals surface area (Å²) in [6.45, 7) is 4.88. The molecule has 0 aliphatic heterocycles. The number of benzene rings is 1. The highest BCUT2D eigenvalue weighted by atomic mass is 32.2. The molecule has 0 fully saturated rings. The lowest BCUT2D eigenvalue weighted by Gasteiger charge is -2.02. The molecular weight excluding hydrogens is 306 g/mol. The molecule has 1 amide bonds. The summed E-state index contributed by atoms with van der Waals surface area (Å²) in [6.07, 6.45) is 8.65. The second kappa shape index (κ2) is 11.9. The molecule has 1 aromatic rings. The Balaban J connectivity index is 2.15. The second-order valence-electron chi connectivity index (χ2n) is 5.63. The monoisotopic (exact) mass is 333 g/mol. The lowest BCUT2D eigenvalue weighted by molar-refractivity contribution is -0.116. The van der Waals surface area contributed by atoms with Gasteiger partial charge in [0.1, 0.15) is 0 Å². The predicted molar refractivity (Wildman–Crippen MR) is 98.6 cm³/mol. The van der Waals surface area contributed by atoms with Crippen LogP contribution in [0.1, 0.15) is 61.4 Å². The summed E-state index contributed by atoms with van der Waals surface area (Å²) in [4.78, 5) is 23.5. The molecule has 0 saturated heterocycles. The summed E-state index contributed by atoms with van der Waals surface area (Å²) >= 11 is 1.04. The SMILES string of the molecule is CCCCCCCCNC(=O)C=CSC(=O)c1ccc(C)cc1. The minimum atomic E-state index is -0.136. The summed E-state index contributed by atoms with van der Waals surface area (Å²) < 4.78 is 0. The van der Waals surface area contributed by atoms with Crippen molar-refractivity contribution in [1.82, 2.24) is 5.32 Å². The summed E-state index contributed by atoms with van der Waals surface area (Å²) in [5.74, 6) is -0.136. The van der Waals surface area contributed by atoms with Crippen molar-refractivity contribution in [2.45, 2.75) is 52.4 Å². The van der Waals surface area contributed by atoms with E-state index in [1.54, 1.807) is 17.5 Å². The van der Waals surface area contributed by atoms with Gasteiger partial charge in [0.15, 0.2) is 0 Å². The van der Waals surface area contributed by atoms with Gasteiger partial charge >= 0.3 is 0 Å². The van der Waals surface area contributed by atoms with Crippen LogP contribution in [0.4, 0.5) is 0 Å². The molecule has 126 valence electrons. The van der Waals surface area contributed by atoms with E-state index in [-0.39, 0.29) is 11.0 Å². The molecule has 0 aromatic heterocycles. The van der Waals surface area contributed by atoms with E-state index in [0.717, 1.165) is 30.2 Å². The van der Waals surface area contributed by atoms with Crippen molar-refractivity contribution in [1.29, 1.82) is 0 Å². The van der Waals surface area contributed by atoms with E-state index in [1.165, 1.54) is 31.8 Å². The Bertz CT molecular complexity index is 509. The van der Waals surface area contributed by atoms with Crippen LogP contribution in [-0.2, 0) is 4.79 Å². The van der Waals surface area contributed by atoms with E-state index in [2.05, 4.69) is 12.2 Å². The van der Waals surface area contributed by atoms with Gasteiger partial charge in [0.25, 0.3) is 0 Å². The molecule has 0 atom stereocenters. The van der Waals surface area contributed by atoms with Gasteiger partial charge in [0, 0.05) is 18.2 Å². The molecule has 0 aliphatic carbocycles. The van der Waals surface area contributed by atoms with Crippen LogP contribution in [0, 0.1) is 6.92 Å². The summed E-state index contributed by atoms with van der Waals surface area (Å²) in [6, 6.07) is 7.42. The average molecular weight is 333 g/mol. The number of carbonyl (C=O) groups is 2. The molecule has 0 saturated carbocycles. The molecule has 3 nitrogen and oxygen atoms in total. The number of amides is 1. The van der Waals surface area contributed by atoms with Gasteiger partial charge in [-0.15, -0.1) is 0 Å². The average Bonchev–Trinajstić information content (AvgIpc) is 2.54. The normalized spacial score (nSPS) is 10.9.